The van der Waals surface area contributed by atoms with Gasteiger partial charge in [-0.2, -0.15) is 0 Å². The number of carbonyl (C=O) groups excluding carboxylic acids is 2. The molecule has 0 saturated heterocycles. The minimum absolute atomic E-state index is 0.00872. The zero-order valence-electron chi connectivity index (χ0n) is 17.7. The van der Waals surface area contributed by atoms with Crippen molar-refractivity contribution in [2.75, 3.05) is 12.3 Å². The van der Waals surface area contributed by atoms with Gasteiger partial charge in [-0.05, 0) is 31.4 Å². The van der Waals surface area contributed by atoms with Crippen LogP contribution in [0.3, 0.4) is 0 Å². The zero-order chi connectivity index (χ0) is 21.1. The van der Waals surface area contributed by atoms with Crippen molar-refractivity contribution >= 4 is 23.6 Å². The summed E-state index contributed by atoms with van der Waals surface area (Å²) >= 11 is 1.58. The number of benzene rings is 2. The number of nitrogens with zero attached hydrogens (tertiary/aromatic N) is 1. The Morgan fingerprint density at radius 1 is 1.07 bits per heavy atom. The average Bonchev–Trinajstić information content (AvgIpc) is 2.72. The molecule has 0 aromatic heterocycles. The first-order chi connectivity index (χ1) is 14.0. The summed E-state index contributed by atoms with van der Waals surface area (Å²) in [6.45, 7) is 7.03. The maximum Gasteiger partial charge on any atom is 0.242 e. The quantitative estimate of drug-likeness (QED) is 0.550. The molecule has 5 heteroatoms. The molecule has 2 aromatic rings. The molecule has 4 nitrogen and oxygen atoms in total. The van der Waals surface area contributed by atoms with E-state index in [-0.39, 0.29) is 11.8 Å². The van der Waals surface area contributed by atoms with E-state index in [1.54, 1.807) is 16.7 Å². The number of carbonyl (C=O) groups is 2. The molecule has 1 atom stereocenters. The van der Waals surface area contributed by atoms with Crippen LogP contribution in [0.1, 0.15) is 43.4 Å². The predicted octanol–water partition coefficient (Wildman–Crippen LogP) is 4.56. The van der Waals surface area contributed by atoms with E-state index in [1.165, 1.54) is 5.56 Å². The molecule has 0 bridgehead atoms. The van der Waals surface area contributed by atoms with Gasteiger partial charge in [-0.3, -0.25) is 9.59 Å². The molecule has 29 heavy (non-hydrogen) atoms. The summed E-state index contributed by atoms with van der Waals surface area (Å²) in [6.07, 6.45) is 1.97. The third-order valence-electron chi connectivity index (χ3n) is 4.77. The summed E-state index contributed by atoms with van der Waals surface area (Å²) in [6, 6.07) is 17.7. The van der Waals surface area contributed by atoms with Crippen LogP contribution in [0.2, 0.25) is 0 Å². The van der Waals surface area contributed by atoms with E-state index in [0.29, 0.717) is 18.8 Å². The molecular formula is C24H32N2O2S. The Balaban J connectivity index is 2.03. The van der Waals surface area contributed by atoms with Crippen molar-refractivity contribution in [2.45, 2.75) is 52.0 Å². The lowest BCUT2D eigenvalue weighted by Crippen LogP contribution is -2.48. The van der Waals surface area contributed by atoms with Crippen molar-refractivity contribution < 1.29 is 9.59 Å². The van der Waals surface area contributed by atoms with Crippen LogP contribution in [-0.2, 0) is 21.9 Å². The fraction of sp³-hybridized carbons (Fsp3) is 0.417. The largest absolute Gasteiger partial charge is 0.354 e. The topological polar surface area (TPSA) is 49.4 Å². The lowest BCUT2D eigenvalue weighted by Gasteiger charge is -2.29. The predicted molar refractivity (Wildman–Crippen MR) is 122 cm³/mol. The minimum Gasteiger partial charge on any atom is -0.354 e. The van der Waals surface area contributed by atoms with Crippen molar-refractivity contribution in [3.05, 3.63) is 71.3 Å². The summed E-state index contributed by atoms with van der Waals surface area (Å²) in [4.78, 5) is 27.3. The fourth-order valence-corrected chi connectivity index (χ4v) is 3.91. The maximum absolute atomic E-state index is 13.0. The van der Waals surface area contributed by atoms with Gasteiger partial charge in [0.2, 0.25) is 11.8 Å². The molecular weight excluding hydrogens is 380 g/mol. The van der Waals surface area contributed by atoms with Crippen LogP contribution < -0.4 is 5.32 Å². The van der Waals surface area contributed by atoms with Gasteiger partial charge in [0, 0.05) is 18.8 Å². The second kappa shape index (κ2) is 12.3. The number of unbranched alkanes of at least 4 members (excludes halogenated alkanes) is 1. The number of aryl methyl sites for hydroxylation is 1. The van der Waals surface area contributed by atoms with Gasteiger partial charge < -0.3 is 10.2 Å². The first kappa shape index (κ1) is 23.0. The van der Waals surface area contributed by atoms with Crippen LogP contribution >= 0.6 is 11.8 Å². The van der Waals surface area contributed by atoms with Crippen LogP contribution in [0, 0.1) is 6.92 Å². The van der Waals surface area contributed by atoms with Gasteiger partial charge in [0.05, 0.1) is 5.75 Å². The van der Waals surface area contributed by atoms with Crippen molar-refractivity contribution in [3.8, 4) is 0 Å². The average molecular weight is 413 g/mol. The van der Waals surface area contributed by atoms with Gasteiger partial charge in [0.1, 0.15) is 6.04 Å². The molecule has 0 heterocycles. The third-order valence-corrected chi connectivity index (χ3v) is 5.76. The van der Waals surface area contributed by atoms with Crippen LogP contribution in [0.15, 0.2) is 54.6 Å². The number of rotatable bonds is 11. The van der Waals surface area contributed by atoms with Crippen molar-refractivity contribution in [1.82, 2.24) is 10.2 Å². The SMILES string of the molecule is CCCCNC(=O)C(C)N(Cc1cccc(C)c1)C(=O)CSCc1ccccc1. The Kier molecular flexibility index (Phi) is 9.78. The Hall–Kier alpha value is -2.27. The van der Waals surface area contributed by atoms with Gasteiger partial charge in [0.25, 0.3) is 0 Å². The van der Waals surface area contributed by atoms with E-state index in [9.17, 15) is 9.59 Å². The molecule has 0 aliphatic rings. The number of hydrogen-bond acceptors (Lipinski definition) is 3. The molecule has 1 N–H and O–H groups in total. The molecule has 0 radical (unpaired) electrons. The summed E-state index contributed by atoms with van der Waals surface area (Å²) in [5.74, 6) is 1.04. The number of thioether (sulfide) groups is 1. The van der Waals surface area contributed by atoms with E-state index in [2.05, 4.69) is 30.4 Å². The summed E-state index contributed by atoms with van der Waals surface area (Å²) < 4.78 is 0. The van der Waals surface area contributed by atoms with Crippen LogP contribution in [0.5, 0.6) is 0 Å². The van der Waals surface area contributed by atoms with E-state index >= 15 is 0 Å². The Morgan fingerprint density at radius 3 is 2.48 bits per heavy atom. The second-order valence-corrected chi connectivity index (χ2v) is 8.30. The molecule has 2 rings (SSSR count). The van der Waals surface area contributed by atoms with Crippen LogP contribution in [0.4, 0.5) is 0 Å². The van der Waals surface area contributed by atoms with Crippen LogP contribution in [-0.4, -0.2) is 35.1 Å². The molecule has 0 fully saturated rings. The molecule has 0 saturated carbocycles. The summed E-state index contributed by atoms with van der Waals surface area (Å²) in [5, 5.41) is 2.96. The number of nitrogens with one attached hydrogen (secondary N) is 1. The van der Waals surface area contributed by atoms with E-state index in [0.717, 1.165) is 29.7 Å². The lowest BCUT2D eigenvalue weighted by molar-refractivity contribution is -0.138. The van der Waals surface area contributed by atoms with E-state index in [1.807, 2.05) is 50.2 Å². The maximum atomic E-state index is 13.0. The van der Waals surface area contributed by atoms with Gasteiger partial charge in [-0.15, -0.1) is 11.8 Å². The molecule has 0 aliphatic heterocycles. The molecule has 2 amide bonds. The van der Waals surface area contributed by atoms with Crippen molar-refractivity contribution in [3.63, 3.8) is 0 Å². The first-order valence-electron chi connectivity index (χ1n) is 10.3. The Bertz CT molecular complexity index is 779. The normalized spacial score (nSPS) is 11.7. The van der Waals surface area contributed by atoms with E-state index < -0.39 is 6.04 Å². The summed E-state index contributed by atoms with van der Waals surface area (Å²) in [5.41, 5.74) is 3.38. The van der Waals surface area contributed by atoms with Crippen molar-refractivity contribution in [1.29, 1.82) is 0 Å². The van der Waals surface area contributed by atoms with Crippen molar-refractivity contribution in [2.24, 2.45) is 0 Å². The highest BCUT2D eigenvalue weighted by atomic mass is 32.2. The number of hydrogen-bond donors (Lipinski definition) is 1. The van der Waals surface area contributed by atoms with Gasteiger partial charge in [-0.1, -0.05) is 73.5 Å². The minimum atomic E-state index is -0.503. The second-order valence-electron chi connectivity index (χ2n) is 7.31. The Labute approximate surface area is 179 Å². The van der Waals surface area contributed by atoms with Gasteiger partial charge in [-0.25, -0.2) is 0 Å². The fourth-order valence-electron chi connectivity index (χ4n) is 3.04. The molecule has 1 unspecified atom stereocenters. The van der Waals surface area contributed by atoms with Crippen LogP contribution in [0.25, 0.3) is 0 Å². The molecule has 0 spiro atoms. The molecule has 156 valence electrons. The standard InChI is InChI=1S/C24H32N2O2S/c1-4-5-14-25-24(28)20(3)26(16-22-13-9-10-19(2)15-22)23(27)18-29-17-21-11-7-6-8-12-21/h6-13,15,20H,4-5,14,16-18H2,1-3H3,(H,25,28). The van der Waals surface area contributed by atoms with Gasteiger partial charge >= 0.3 is 0 Å². The zero-order valence-corrected chi connectivity index (χ0v) is 18.5. The lowest BCUT2D eigenvalue weighted by atomic mass is 10.1. The smallest absolute Gasteiger partial charge is 0.242 e. The first-order valence-corrected chi connectivity index (χ1v) is 11.4. The third kappa shape index (κ3) is 7.94. The molecule has 0 aliphatic carbocycles. The Morgan fingerprint density at radius 2 is 1.79 bits per heavy atom. The monoisotopic (exact) mass is 412 g/mol. The highest BCUT2D eigenvalue weighted by Gasteiger charge is 2.25. The molecule has 2 aromatic carbocycles. The summed E-state index contributed by atoms with van der Waals surface area (Å²) in [7, 11) is 0. The van der Waals surface area contributed by atoms with Gasteiger partial charge in [0.15, 0.2) is 0 Å². The highest BCUT2D eigenvalue weighted by Crippen LogP contribution is 2.16. The number of amides is 2. The van der Waals surface area contributed by atoms with E-state index in [4.69, 9.17) is 0 Å². The highest BCUT2D eigenvalue weighted by molar-refractivity contribution is 7.99.